The predicted octanol–water partition coefficient (Wildman–Crippen LogP) is 1.72. The summed E-state index contributed by atoms with van der Waals surface area (Å²) in [6.07, 6.45) is -0.267. The number of methoxy groups -OCH3 is 1. The van der Waals surface area contributed by atoms with E-state index < -0.39 is 5.97 Å². The fourth-order valence-electron chi connectivity index (χ4n) is 1.25. The molecule has 0 aliphatic rings. The second-order valence-electron chi connectivity index (χ2n) is 4.03. The lowest BCUT2D eigenvalue weighted by molar-refractivity contribution is 0.0114. The van der Waals surface area contributed by atoms with Crippen molar-refractivity contribution in [2.24, 2.45) is 0 Å². The van der Waals surface area contributed by atoms with Crippen molar-refractivity contribution in [1.29, 1.82) is 0 Å². The molecule has 1 atom stereocenters. The minimum atomic E-state index is -0.423. The molecule has 5 heteroatoms. The van der Waals surface area contributed by atoms with Crippen LogP contribution in [-0.2, 0) is 9.47 Å². The SMILES string of the molecule is COC[C@@H](C)OC(=O)c1cc(C(C)C)[nH]n1. The number of carbonyl (C=O) groups excluding carboxylic acids is 1. The molecule has 1 aromatic heterocycles. The fourth-order valence-corrected chi connectivity index (χ4v) is 1.25. The average Bonchev–Trinajstić information content (AvgIpc) is 2.66. The molecule has 1 heterocycles. The zero-order valence-electron chi connectivity index (χ0n) is 10.1. The van der Waals surface area contributed by atoms with E-state index in [0.29, 0.717) is 18.2 Å². The number of hydrogen-bond acceptors (Lipinski definition) is 4. The van der Waals surface area contributed by atoms with E-state index in [2.05, 4.69) is 10.2 Å². The van der Waals surface area contributed by atoms with Crippen LogP contribution >= 0.6 is 0 Å². The van der Waals surface area contributed by atoms with Crippen molar-refractivity contribution in [2.75, 3.05) is 13.7 Å². The quantitative estimate of drug-likeness (QED) is 0.776. The Morgan fingerprint density at radius 2 is 2.19 bits per heavy atom. The molecule has 0 aliphatic carbocycles. The first kappa shape index (κ1) is 12.7. The van der Waals surface area contributed by atoms with Gasteiger partial charge in [-0.1, -0.05) is 13.8 Å². The molecule has 0 amide bonds. The van der Waals surface area contributed by atoms with Crippen molar-refractivity contribution in [1.82, 2.24) is 10.2 Å². The van der Waals surface area contributed by atoms with Crippen LogP contribution in [0.4, 0.5) is 0 Å². The summed E-state index contributed by atoms with van der Waals surface area (Å²) in [5, 5.41) is 6.72. The molecule has 1 aromatic rings. The van der Waals surface area contributed by atoms with E-state index in [1.807, 2.05) is 13.8 Å². The van der Waals surface area contributed by atoms with Crippen molar-refractivity contribution >= 4 is 5.97 Å². The van der Waals surface area contributed by atoms with Gasteiger partial charge in [0.1, 0.15) is 6.10 Å². The lowest BCUT2D eigenvalue weighted by Crippen LogP contribution is -2.19. The molecule has 0 fully saturated rings. The Kier molecular flexibility index (Phi) is 4.49. The third-order valence-electron chi connectivity index (χ3n) is 2.14. The highest BCUT2D eigenvalue weighted by molar-refractivity contribution is 5.87. The number of aromatic amines is 1. The number of hydrogen-bond donors (Lipinski definition) is 1. The smallest absolute Gasteiger partial charge is 0.359 e. The molecule has 90 valence electrons. The predicted molar refractivity (Wildman–Crippen MR) is 59.4 cm³/mol. The van der Waals surface area contributed by atoms with Crippen LogP contribution in [0.5, 0.6) is 0 Å². The van der Waals surface area contributed by atoms with Gasteiger partial charge in [-0.05, 0) is 18.9 Å². The Balaban J connectivity index is 2.59. The van der Waals surface area contributed by atoms with Crippen molar-refractivity contribution in [2.45, 2.75) is 32.8 Å². The Morgan fingerprint density at radius 1 is 1.50 bits per heavy atom. The number of rotatable bonds is 5. The zero-order valence-corrected chi connectivity index (χ0v) is 10.1. The first-order valence-electron chi connectivity index (χ1n) is 5.29. The zero-order chi connectivity index (χ0) is 12.1. The summed E-state index contributed by atoms with van der Waals surface area (Å²) >= 11 is 0. The van der Waals surface area contributed by atoms with Gasteiger partial charge in [-0.3, -0.25) is 5.10 Å². The molecular formula is C11H18N2O3. The number of aromatic nitrogens is 2. The summed E-state index contributed by atoms with van der Waals surface area (Å²) in [5.41, 5.74) is 1.23. The van der Waals surface area contributed by atoms with Gasteiger partial charge in [0.2, 0.25) is 0 Å². The molecule has 0 saturated heterocycles. The standard InChI is InChI=1S/C11H18N2O3/c1-7(2)9-5-10(13-12-9)11(14)16-8(3)6-15-4/h5,7-8H,6H2,1-4H3,(H,12,13)/t8-/m1/s1. The lowest BCUT2D eigenvalue weighted by Gasteiger charge is -2.10. The highest BCUT2D eigenvalue weighted by Crippen LogP contribution is 2.12. The highest BCUT2D eigenvalue weighted by Gasteiger charge is 2.16. The van der Waals surface area contributed by atoms with E-state index in [4.69, 9.17) is 9.47 Å². The summed E-state index contributed by atoms with van der Waals surface area (Å²) < 4.78 is 10.0. The van der Waals surface area contributed by atoms with Gasteiger partial charge in [-0.15, -0.1) is 0 Å². The van der Waals surface area contributed by atoms with Crippen LogP contribution in [0.3, 0.4) is 0 Å². The molecular weight excluding hydrogens is 208 g/mol. The Bertz CT molecular complexity index is 347. The number of nitrogens with zero attached hydrogens (tertiary/aromatic N) is 1. The molecule has 0 bridgehead atoms. The van der Waals surface area contributed by atoms with Crippen molar-refractivity contribution in [3.63, 3.8) is 0 Å². The van der Waals surface area contributed by atoms with E-state index in [-0.39, 0.29) is 6.10 Å². The van der Waals surface area contributed by atoms with E-state index in [1.165, 1.54) is 0 Å². The van der Waals surface area contributed by atoms with Crippen LogP contribution in [0.15, 0.2) is 6.07 Å². The van der Waals surface area contributed by atoms with Gasteiger partial charge in [0.25, 0.3) is 0 Å². The average molecular weight is 226 g/mol. The Morgan fingerprint density at radius 3 is 2.69 bits per heavy atom. The van der Waals surface area contributed by atoms with Gasteiger partial charge >= 0.3 is 5.97 Å². The first-order chi connectivity index (χ1) is 7.54. The number of carbonyl (C=O) groups is 1. The summed E-state index contributed by atoms with van der Waals surface area (Å²) in [6.45, 7) is 6.21. The van der Waals surface area contributed by atoms with Gasteiger partial charge in [-0.25, -0.2) is 4.79 Å². The number of ether oxygens (including phenoxy) is 2. The molecule has 0 aromatic carbocycles. The molecule has 0 saturated carbocycles. The summed E-state index contributed by atoms with van der Waals surface area (Å²) in [7, 11) is 1.57. The fraction of sp³-hybridized carbons (Fsp3) is 0.636. The topological polar surface area (TPSA) is 64.2 Å². The minimum Gasteiger partial charge on any atom is -0.455 e. The second-order valence-corrected chi connectivity index (χ2v) is 4.03. The summed E-state index contributed by atoms with van der Waals surface area (Å²) in [4.78, 5) is 11.6. The first-order valence-corrected chi connectivity index (χ1v) is 5.29. The third-order valence-corrected chi connectivity index (χ3v) is 2.14. The number of esters is 1. The molecule has 0 unspecified atom stereocenters. The van der Waals surface area contributed by atoms with Crippen LogP contribution in [0.1, 0.15) is 42.9 Å². The summed E-state index contributed by atoms with van der Waals surface area (Å²) in [6, 6.07) is 1.71. The highest BCUT2D eigenvalue weighted by atomic mass is 16.6. The van der Waals surface area contributed by atoms with Crippen molar-refractivity contribution in [3.05, 3.63) is 17.5 Å². The van der Waals surface area contributed by atoms with Crippen molar-refractivity contribution < 1.29 is 14.3 Å². The Labute approximate surface area is 95.1 Å². The van der Waals surface area contributed by atoms with Crippen molar-refractivity contribution in [3.8, 4) is 0 Å². The number of H-pyrrole nitrogens is 1. The molecule has 1 N–H and O–H groups in total. The van der Waals surface area contributed by atoms with Gasteiger partial charge in [0.05, 0.1) is 6.61 Å². The lowest BCUT2D eigenvalue weighted by atomic mass is 10.1. The molecule has 0 spiro atoms. The Hall–Kier alpha value is -1.36. The second kappa shape index (κ2) is 5.65. The van der Waals surface area contributed by atoms with Crippen LogP contribution in [0.2, 0.25) is 0 Å². The van der Waals surface area contributed by atoms with Crippen LogP contribution < -0.4 is 0 Å². The minimum absolute atomic E-state index is 0.267. The van der Waals surface area contributed by atoms with Gasteiger partial charge in [0.15, 0.2) is 5.69 Å². The third kappa shape index (κ3) is 3.34. The van der Waals surface area contributed by atoms with Gasteiger partial charge in [0, 0.05) is 12.8 Å². The molecule has 1 rings (SSSR count). The van der Waals surface area contributed by atoms with Gasteiger partial charge in [-0.2, -0.15) is 5.10 Å². The van der Waals surface area contributed by atoms with Gasteiger partial charge < -0.3 is 9.47 Å². The number of nitrogens with one attached hydrogen (secondary N) is 1. The molecule has 16 heavy (non-hydrogen) atoms. The van der Waals surface area contributed by atoms with E-state index in [1.54, 1.807) is 20.1 Å². The van der Waals surface area contributed by atoms with E-state index in [0.717, 1.165) is 5.69 Å². The maximum absolute atomic E-state index is 11.6. The van der Waals surface area contributed by atoms with E-state index >= 15 is 0 Å². The monoisotopic (exact) mass is 226 g/mol. The largest absolute Gasteiger partial charge is 0.455 e. The molecule has 0 aliphatic heterocycles. The molecule has 0 radical (unpaired) electrons. The van der Waals surface area contributed by atoms with Crippen LogP contribution in [-0.4, -0.2) is 36.0 Å². The van der Waals surface area contributed by atoms with E-state index in [9.17, 15) is 4.79 Å². The normalized spacial score (nSPS) is 12.8. The molecule has 5 nitrogen and oxygen atoms in total. The van der Waals surface area contributed by atoms with Crippen LogP contribution in [0, 0.1) is 0 Å². The van der Waals surface area contributed by atoms with Crippen LogP contribution in [0.25, 0.3) is 0 Å². The maximum Gasteiger partial charge on any atom is 0.359 e. The maximum atomic E-state index is 11.6. The summed E-state index contributed by atoms with van der Waals surface area (Å²) in [5.74, 6) is -0.113.